The Hall–Kier alpha value is -4.06. The van der Waals surface area contributed by atoms with E-state index in [0.29, 0.717) is 18.6 Å². The number of anilines is 1. The number of piperidine rings is 1. The maximum atomic E-state index is 13.3. The molecule has 1 aliphatic heterocycles. The number of para-hydroxylation sites is 1. The summed E-state index contributed by atoms with van der Waals surface area (Å²) in [5.74, 6) is -1.56. The van der Waals surface area contributed by atoms with Crippen molar-refractivity contribution in [3.05, 3.63) is 101 Å². The summed E-state index contributed by atoms with van der Waals surface area (Å²) in [4.78, 5) is 26.1. The molecule has 1 aliphatic rings. The van der Waals surface area contributed by atoms with Crippen molar-refractivity contribution in [3.63, 3.8) is 0 Å². The molecule has 0 bridgehead atoms. The lowest BCUT2D eigenvalue weighted by Gasteiger charge is -2.38. The first kappa shape index (κ1) is 29.9. The summed E-state index contributed by atoms with van der Waals surface area (Å²) in [6.07, 6.45) is -9.82. The molecule has 4 rings (SSSR count). The molecule has 3 aromatic rings. The highest BCUT2D eigenvalue weighted by molar-refractivity contribution is 6.00. The lowest BCUT2D eigenvalue weighted by atomic mass is 9.88. The van der Waals surface area contributed by atoms with Gasteiger partial charge in [-0.1, -0.05) is 42.5 Å². The molecule has 41 heavy (non-hydrogen) atoms. The number of carbonyl (C=O) groups excluding carboxylic acids is 1. The topological polar surface area (TPSA) is 78.9 Å². The van der Waals surface area contributed by atoms with E-state index in [0.717, 1.165) is 5.56 Å². The number of benzene rings is 3. The molecular formula is C29H26F6N2O4. The highest BCUT2D eigenvalue weighted by Gasteiger charge is 2.37. The third-order valence-corrected chi connectivity index (χ3v) is 6.80. The van der Waals surface area contributed by atoms with Crippen LogP contribution in [0.4, 0.5) is 36.8 Å². The number of ether oxygens (including phenoxy) is 1. The van der Waals surface area contributed by atoms with E-state index >= 15 is 0 Å². The number of nitrogens with zero attached hydrogens (tertiary/aromatic N) is 1. The number of amides is 2. The van der Waals surface area contributed by atoms with Crippen LogP contribution in [0.2, 0.25) is 0 Å². The number of halogens is 6. The number of aromatic carboxylic acids is 1. The van der Waals surface area contributed by atoms with Crippen LogP contribution in [-0.2, 0) is 30.1 Å². The maximum absolute atomic E-state index is 13.3. The molecular weight excluding hydrogens is 554 g/mol. The molecule has 2 amide bonds. The monoisotopic (exact) mass is 580 g/mol. The molecule has 0 radical (unpaired) electrons. The van der Waals surface area contributed by atoms with Crippen molar-refractivity contribution in [2.45, 2.75) is 37.9 Å². The average Bonchev–Trinajstić information content (AvgIpc) is 2.92. The highest BCUT2D eigenvalue weighted by Crippen LogP contribution is 2.37. The molecule has 2 unspecified atom stereocenters. The van der Waals surface area contributed by atoms with Crippen LogP contribution in [0, 0.1) is 5.92 Å². The van der Waals surface area contributed by atoms with Crippen molar-refractivity contribution in [3.8, 4) is 0 Å². The minimum Gasteiger partial charge on any atom is -0.478 e. The van der Waals surface area contributed by atoms with Crippen molar-refractivity contribution in [2.75, 3.05) is 18.4 Å². The number of hydrogen-bond donors (Lipinski definition) is 2. The number of rotatable bonds is 7. The van der Waals surface area contributed by atoms with Gasteiger partial charge in [0, 0.05) is 19.0 Å². The summed E-state index contributed by atoms with van der Waals surface area (Å²) in [6.45, 7) is -0.147. The number of urea groups is 1. The number of nitrogens with one attached hydrogen (secondary N) is 1. The summed E-state index contributed by atoms with van der Waals surface area (Å²) in [6, 6.07) is 15.9. The largest absolute Gasteiger partial charge is 0.478 e. The first-order valence-corrected chi connectivity index (χ1v) is 12.6. The second-order valence-electron chi connectivity index (χ2n) is 9.73. The van der Waals surface area contributed by atoms with E-state index in [1.54, 1.807) is 6.07 Å². The zero-order chi connectivity index (χ0) is 29.8. The highest BCUT2D eigenvalue weighted by atomic mass is 19.4. The molecule has 12 heteroatoms. The van der Waals surface area contributed by atoms with E-state index in [1.807, 2.05) is 30.3 Å². The molecule has 1 fully saturated rings. The smallest absolute Gasteiger partial charge is 0.416 e. The summed E-state index contributed by atoms with van der Waals surface area (Å²) < 4.78 is 85.7. The second kappa shape index (κ2) is 12.2. The van der Waals surface area contributed by atoms with Gasteiger partial charge in [0.05, 0.1) is 35.1 Å². The molecule has 218 valence electrons. The second-order valence-corrected chi connectivity index (χ2v) is 9.73. The summed E-state index contributed by atoms with van der Waals surface area (Å²) >= 11 is 0. The van der Waals surface area contributed by atoms with Gasteiger partial charge in [0.2, 0.25) is 0 Å². The SMILES string of the molecule is O=C(O)c1ccccc1NC(=O)N1CCC(OCc2cc(C(F)(F)F)cc(C(F)(F)F)c2)C(Cc2ccccc2)C1. The predicted octanol–water partition coefficient (Wildman–Crippen LogP) is 7.10. The Labute approximate surface area is 231 Å². The Morgan fingerprint density at radius 1 is 0.878 bits per heavy atom. The quantitative estimate of drug-likeness (QED) is 0.292. The van der Waals surface area contributed by atoms with E-state index in [1.165, 1.54) is 23.1 Å². The van der Waals surface area contributed by atoms with Crippen molar-refractivity contribution in [1.29, 1.82) is 0 Å². The summed E-state index contributed by atoms with van der Waals surface area (Å²) in [7, 11) is 0. The van der Waals surface area contributed by atoms with Crippen LogP contribution < -0.4 is 5.32 Å². The van der Waals surface area contributed by atoms with Gasteiger partial charge in [0.1, 0.15) is 0 Å². The van der Waals surface area contributed by atoms with E-state index in [9.17, 15) is 41.0 Å². The zero-order valence-electron chi connectivity index (χ0n) is 21.5. The maximum Gasteiger partial charge on any atom is 0.416 e. The fourth-order valence-electron chi connectivity index (χ4n) is 4.81. The van der Waals surface area contributed by atoms with Gasteiger partial charge in [-0.25, -0.2) is 9.59 Å². The van der Waals surface area contributed by atoms with E-state index in [4.69, 9.17) is 4.74 Å². The lowest BCUT2D eigenvalue weighted by Crippen LogP contribution is -2.49. The Morgan fingerprint density at radius 3 is 2.10 bits per heavy atom. The van der Waals surface area contributed by atoms with Crippen LogP contribution in [0.3, 0.4) is 0 Å². The number of hydrogen-bond acceptors (Lipinski definition) is 3. The fourth-order valence-corrected chi connectivity index (χ4v) is 4.81. The standard InChI is InChI=1S/C29H26F6N2O4/c30-28(31,32)21-13-19(14-22(15-21)29(33,34)35)17-41-25-10-11-37(16-20(25)12-18-6-2-1-3-7-18)27(40)36-24-9-5-4-8-23(24)26(38)39/h1-9,13-15,20,25H,10-12,16-17H2,(H,36,40)(H,38,39). The van der Waals surface area contributed by atoms with Crippen LogP contribution in [0.1, 0.15) is 39.0 Å². The lowest BCUT2D eigenvalue weighted by molar-refractivity contribution is -0.143. The molecule has 0 aliphatic carbocycles. The Balaban J connectivity index is 1.52. The summed E-state index contributed by atoms with van der Waals surface area (Å²) in [5.41, 5.74) is -2.16. The van der Waals surface area contributed by atoms with Crippen LogP contribution in [0.5, 0.6) is 0 Å². The minimum absolute atomic E-state index is 0.0707. The van der Waals surface area contributed by atoms with Crippen molar-refractivity contribution in [2.24, 2.45) is 5.92 Å². The van der Waals surface area contributed by atoms with Gasteiger partial charge < -0.3 is 20.1 Å². The molecule has 2 N–H and O–H groups in total. The minimum atomic E-state index is -4.97. The molecule has 1 heterocycles. The van der Waals surface area contributed by atoms with E-state index < -0.39 is 48.2 Å². The number of likely N-dealkylation sites (tertiary alicyclic amines) is 1. The average molecular weight is 581 g/mol. The molecule has 0 spiro atoms. The van der Waals surface area contributed by atoms with Crippen LogP contribution in [-0.4, -0.2) is 41.2 Å². The van der Waals surface area contributed by atoms with Crippen LogP contribution >= 0.6 is 0 Å². The van der Waals surface area contributed by atoms with Gasteiger partial charge in [0.25, 0.3) is 0 Å². The van der Waals surface area contributed by atoms with Gasteiger partial charge in [-0.15, -0.1) is 0 Å². The van der Waals surface area contributed by atoms with Crippen molar-refractivity contribution in [1.82, 2.24) is 4.90 Å². The van der Waals surface area contributed by atoms with E-state index in [2.05, 4.69) is 5.32 Å². The van der Waals surface area contributed by atoms with Crippen LogP contribution in [0.25, 0.3) is 0 Å². The van der Waals surface area contributed by atoms with Gasteiger partial charge in [-0.2, -0.15) is 26.3 Å². The Kier molecular flexibility index (Phi) is 8.91. The first-order chi connectivity index (χ1) is 19.3. The van der Waals surface area contributed by atoms with Gasteiger partial charge >= 0.3 is 24.4 Å². The third kappa shape index (κ3) is 7.78. The molecule has 2 atom stereocenters. The Morgan fingerprint density at radius 2 is 1.49 bits per heavy atom. The number of carbonyl (C=O) groups is 2. The van der Waals surface area contributed by atoms with Gasteiger partial charge in [-0.3, -0.25) is 0 Å². The number of alkyl halides is 6. The number of carboxylic acid groups (broad SMARTS) is 1. The molecule has 1 saturated heterocycles. The predicted molar refractivity (Wildman–Crippen MR) is 137 cm³/mol. The first-order valence-electron chi connectivity index (χ1n) is 12.6. The van der Waals surface area contributed by atoms with E-state index in [-0.39, 0.29) is 48.3 Å². The van der Waals surface area contributed by atoms with Crippen LogP contribution in [0.15, 0.2) is 72.8 Å². The summed E-state index contributed by atoms with van der Waals surface area (Å²) in [5, 5.41) is 12.0. The van der Waals surface area contributed by atoms with Gasteiger partial charge in [0.15, 0.2) is 0 Å². The molecule has 0 aromatic heterocycles. The fraction of sp³-hybridized carbons (Fsp3) is 0.310. The normalized spacial score (nSPS) is 17.8. The van der Waals surface area contributed by atoms with Crippen molar-refractivity contribution < 1.29 is 45.8 Å². The number of carboxylic acids is 1. The third-order valence-electron chi connectivity index (χ3n) is 6.80. The van der Waals surface area contributed by atoms with Gasteiger partial charge in [-0.05, 0) is 54.3 Å². The zero-order valence-corrected chi connectivity index (χ0v) is 21.5. The molecule has 3 aromatic carbocycles. The van der Waals surface area contributed by atoms with Crippen molar-refractivity contribution >= 4 is 17.7 Å². The molecule has 0 saturated carbocycles. The molecule has 6 nitrogen and oxygen atoms in total. The Bertz CT molecular complexity index is 1350.